The Bertz CT molecular complexity index is 724. The fourth-order valence-electron chi connectivity index (χ4n) is 3.79. The van der Waals surface area contributed by atoms with E-state index in [4.69, 9.17) is 4.74 Å². The summed E-state index contributed by atoms with van der Waals surface area (Å²) in [4.78, 5) is 29.1. The lowest BCUT2D eigenvalue weighted by Gasteiger charge is -2.38. The summed E-state index contributed by atoms with van der Waals surface area (Å²) < 4.78 is 5.17. The first-order valence-electron chi connectivity index (χ1n) is 8.95. The molecule has 0 aromatic carbocycles. The Kier molecular flexibility index (Phi) is 6.09. The van der Waals surface area contributed by atoms with Gasteiger partial charge in [-0.15, -0.1) is 0 Å². The molecule has 1 fully saturated rings. The number of likely N-dealkylation sites (N-methyl/N-ethyl adjacent to an activating group) is 1. The number of aromatic nitrogens is 1. The second-order valence-corrected chi connectivity index (χ2v) is 7.07. The molecule has 2 N–H and O–H groups in total. The molecule has 1 amide bonds. The maximum atomic E-state index is 12.5. The number of esters is 1. The van der Waals surface area contributed by atoms with E-state index in [0.29, 0.717) is 29.7 Å². The quantitative estimate of drug-likeness (QED) is 0.784. The first kappa shape index (κ1) is 20.0. The van der Waals surface area contributed by atoms with Gasteiger partial charge < -0.3 is 19.7 Å². The highest BCUT2D eigenvalue weighted by Gasteiger charge is 2.39. The summed E-state index contributed by atoms with van der Waals surface area (Å²) >= 11 is 0. The third-order valence-corrected chi connectivity index (χ3v) is 5.35. The molecule has 26 heavy (non-hydrogen) atoms. The van der Waals surface area contributed by atoms with Crippen molar-refractivity contribution in [3.05, 3.63) is 22.5 Å². The van der Waals surface area contributed by atoms with E-state index in [0.717, 1.165) is 19.3 Å². The van der Waals surface area contributed by atoms with Crippen LogP contribution in [0.2, 0.25) is 0 Å². The van der Waals surface area contributed by atoms with Crippen LogP contribution in [-0.4, -0.2) is 46.1 Å². The monoisotopic (exact) mass is 361 g/mol. The van der Waals surface area contributed by atoms with Crippen molar-refractivity contribution in [1.29, 1.82) is 5.26 Å². The van der Waals surface area contributed by atoms with Crippen LogP contribution in [0.5, 0.6) is 0 Å². The molecule has 1 saturated carbocycles. The summed E-state index contributed by atoms with van der Waals surface area (Å²) in [6.07, 6.45) is 3.47. The zero-order valence-corrected chi connectivity index (χ0v) is 15.9. The van der Waals surface area contributed by atoms with Crippen LogP contribution < -0.4 is 0 Å². The Hall–Kier alpha value is -2.33. The standard InChI is InChI=1S/C19H27N3O4/c1-12-16(14(3)23)13(2)21-17(12)18(25)26-10-15(24)22(4)19(11-20)8-6-5-7-9-19/h14,21,23H,5-10H2,1-4H3/t14-/m0/s1. The highest BCUT2D eigenvalue weighted by atomic mass is 16.5. The van der Waals surface area contributed by atoms with Crippen LogP contribution in [0.15, 0.2) is 0 Å². The van der Waals surface area contributed by atoms with Gasteiger partial charge in [-0.3, -0.25) is 4.79 Å². The van der Waals surface area contributed by atoms with Crippen LogP contribution in [0.4, 0.5) is 0 Å². The third kappa shape index (κ3) is 3.75. The van der Waals surface area contributed by atoms with Crippen molar-refractivity contribution < 1.29 is 19.4 Å². The molecular formula is C19H27N3O4. The van der Waals surface area contributed by atoms with Gasteiger partial charge in [0.1, 0.15) is 11.2 Å². The molecule has 1 heterocycles. The number of hydrogen-bond acceptors (Lipinski definition) is 5. The first-order valence-corrected chi connectivity index (χ1v) is 8.95. The number of ether oxygens (including phenoxy) is 1. The van der Waals surface area contributed by atoms with Crippen molar-refractivity contribution in [3.8, 4) is 6.07 Å². The van der Waals surface area contributed by atoms with Gasteiger partial charge in [0.05, 0.1) is 12.2 Å². The Balaban J connectivity index is 2.04. The van der Waals surface area contributed by atoms with E-state index < -0.39 is 30.1 Å². The lowest BCUT2D eigenvalue weighted by molar-refractivity contribution is -0.138. The fourth-order valence-corrected chi connectivity index (χ4v) is 3.79. The zero-order chi connectivity index (χ0) is 19.5. The summed E-state index contributed by atoms with van der Waals surface area (Å²) in [6, 6.07) is 2.28. The lowest BCUT2D eigenvalue weighted by atomic mass is 9.81. The van der Waals surface area contributed by atoms with E-state index in [2.05, 4.69) is 11.1 Å². The molecule has 142 valence electrons. The Morgan fingerprint density at radius 2 is 1.96 bits per heavy atom. The minimum absolute atomic E-state index is 0.238. The average Bonchev–Trinajstić information content (AvgIpc) is 2.93. The molecular weight excluding hydrogens is 334 g/mol. The molecule has 0 spiro atoms. The van der Waals surface area contributed by atoms with Crippen molar-refractivity contribution in [1.82, 2.24) is 9.88 Å². The number of nitriles is 1. The molecule has 1 atom stereocenters. The highest BCUT2D eigenvalue weighted by Crippen LogP contribution is 2.32. The number of nitrogens with zero attached hydrogens (tertiary/aromatic N) is 2. The van der Waals surface area contributed by atoms with Gasteiger partial charge in [0.2, 0.25) is 0 Å². The smallest absolute Gasteiger partial charge is 0.355 e. The molecule has 1 aromatic heterocycles. The van der Waals surface area contributed by atoms with Gasteiger partial charge in [0, 0.05) is 18.3 Å². The van der Waals surface area contributed by atoms with E-state index >= 15 is 0 Å². The predicted octanol–water partition coefficient (Wildman–Crippen LogP) is 2.53. The number of carbonyl (C=O) groups is 2. The van der Waals surface area contributed by atoms with Crippen molar-refractivity contribution in [2.45, 2.75) is 64.5 Å². The molecule has 0 bridgehead atoms. The number of amides is 1. The van der Waals surface area contributed by atoms with Crippen LogP contribution in [0.3, 0.4) is 0 Å². The van der Waals surface area contributed by atoms with E-state index in [-0.39, 0.29) is 5.69 Å². The topological polar surface area (TPSA) is 106 Å². The number of hydrogen-bond donors (Lipinski definition) is 2. The van der Waals surface area contributed by atoms with Gasteiger partial charge >= 0.3 is 5.97 Å². The van der Waals surface area contributed by atoms with Crippen molar-refractivity contribution in [2.24, 2.45) is 0 Å². The maximum absolute atomic E-state index is 12.5. The minimum atomic E-state index is -0.805. The van der Waals surface area contributed by atoms with Crippen LogP contribution >= 0.6 is 0 Å². The molecule has 7 nitrogen and oxygen atoms in total. The fraction of sp³-hybridized carbons (Fsp3) is 0.632. The first-order chi connectivity index (χ1) is 12.2. The molecule has 1 aliphatic carbocycles. The number of nitrogens with one attached hydrogen (secondary N) is 1. The van der Waals surface area contributed by atoms with Gasteiger partial charge in [-0.2, -0.15) is 5.26 Å². The van der Waals surface area contributed by atoms with Crippen LogP contribution in [0.1, 0.15) is 72.4 Å². The van der Waals surface area contributed by atoms with E-state index in [9.17, 15) is 20.0 Å². The molecule has 2 rings (SSSR count). The maximum Gasteiger partial charge on any atom is 0.355 e. The Morgan fingerprint density at radius 1 is 1.35 bits per heavy atom. The molecule has 0 radical (unpaired) electrons. The minimum Gasteiger partial charge on any atom is -0.451 e. The van der Waals surface area contributed by atoms with Gasteiger partial charge in [0.25, 0.3) is 5.91 Å². The molecule has 1 aliphatic rings. The summed E-state index contributed by atoms with van der Waals surface area (Å²) in [6.45, 7) is 4.70. The molecule has 1 aromatic rings. The van der Waals surface area contributed by atoms with Crippen molar-refractivity contribution >= 4 is 11.9 Å². The SMILES string of the molecule is Cc1[nH]c(C(=O)OCC(=O)N(C)C2(C#N)CCCCC2)c(C)c1[C@H](C)O. The number of aliphatic hydroxyl groups excluding tert-OH is 1. The predicted molar refractivity (Wildman–Crippen MR) is 95.4 cm³/mol. The number of aromatic amines is 1. The normalized spacial score (nSPS) is 17.2. The zero-order valence-electron chi connectivity index (χ0n) is 15.9. The van der Waals surface area contributed by atoms with Gasteiger partial charge in [-0.25, -0.2) is 4.79 Å². The number of aryl methyl sites for hydroxylation is 1. The van der Waals surface area contributed by atoms with Gasteiger partial charge in [0.15, 0.2) is 6.61 Å². The van der Waals surface area contributed by atoms with Crippen molar-refractivity contribution in [3.63, 3.8) is 0 Å². The number of aliphatic hydroxyl groups is 1. The average molecular weight is 361 g/mol. The largest absolute Gasteiger partial charge is 0.451 e. The molecule has 7 heteroatoms. The van der Waals surface area contributed by atoms with Crippen LogP contribution in [0.25, 0.3) is 0 Å². The number of H-pyrrole nitrogens is 1. The summed E-state index contributed by atoms with van der Waals surface area (Å²) in [5.41, 5.74) is 1.40. The Labute approximate surface area is 153 Å². The van der Waals surface area contributed by atoms with Gasteiger partial charge in [-0.1, -0.05) is 19.3 Å². The Morgan fingerprint density at radius 3 is 2.46 bits per heavy atom. The lowest BCUT2D eigenvalue weighted by Crippen LogP contribution is -2.51. The number of rotatable bonds is 5. The second-order valence-electron chi connectivity index (χ2n) is 7.07. The van der Waals surface area contributed by atoms with Crippen molar-refractivity contribution in [2.75, 3.05) is 13.7 Å². The van der Waals surface area contributed by atoms with Gasteiger partial charge in [-0.05, 0) is 39.2 Å². The molecule has 0 aliphatic heterocycles. The highest BCUT2D eigenvalue weighted by molar-refractivity contribution is 5.91. The summed E-state index contributed by atoms with van der Waals surface area (Å²) in [7, 11) is 1.60. The molecule has 0 saturated heterocycles. The second kappa shape index (κ2) is 7.92. The third-order valence-electron chi connectivity index (χ3n) is 5.35. The number of carbonyl (C=O) groups excluding carboxylic acids is 2. The summed E-state index contributed by atoms with van der Waals surface area (Å²) in [5, 5.41) is 19.4. The van der Waals surface area contributed by atoms with Crippen LogP contribution in [0, 0.1) is 25.2 Å². The van der Waals surface area contributed by atoms with E-state index in [1.807, 2.05) is 0 Å². The van der Waals surface area contributed by atoms with E-state index in [1.165, 1.54) is 4.90 Å². The molecule has 0 unspecified atom stereocenters. The van der Waals surface area contributed by atoms with E-state index in [1.54, 1.807) is 27.8 Å². The summed E-state index contributed by atoms with van der Waals surface area (Å²) in [5.74, 6) is -1.03. The van der Waals surface area contributed by atoms with Crippen LogP contribution in [-0.2, 0) is 9.53 Å².